The summed E-state index contributed by atoms with van der Waals surface area (Å²) in [7, 11) is 0. The van der Waals surface area contributed by atoms with Crippen molar-refractivity contribution >= 4 is 10.9 Å². The van der Waals surface area contributed by atoms with E-state index in [9.17, 15) is 4.79 Å². The van der Waals surface area contributed by atoms with Crippen LogP contribution in [0.3, 0.4) is 0 Å². The minimum atomic E-state index is -0.442. The molecular formula is C26H19FN6O. The zero-order valence-electron chi connectivity index (χ0n) is 18.3. The Morgan fingerprint density at radius 3 is 2.47 bits per heavy atom. The first-order chi connectivity index (χ1) is 16.6. The molecule has 2 aliphatic rings. The maximum absolute atomic E-state index is 15.1. The Bertz CT molecular complexity index is 1660. The summed E-state index contributed by atoms with van der Waals surface area (Å²) in [5, 5.41) is 13.6. The van der Waals surface area contributed by atoms with Crippen LogP contribution in [0.15, 0.2) is 90.0 Å². The number of hydrogen-bond donors (Lipinski definition) is 0. The predicted molar refractivity (Wildman–Crippen MR) is 127 cm³/mol. The average molecular weight is 450 g/mol. The van der Waals surface area contributed by atoms with Gasteiger partial charge >= 0.3 is 5.56 Å². The standard InChI is InChI=1S/C26H19FN6O/c1-17-6-2-3-8-21(17)33-26(34)25-24(30-33)23-20(27)7-4-9-22(23)32(29-25)16-18-10-12-19(13-11-18)31-15-5-14-28-31/h2-15H,16H2,1H3. The normalized spacial score (nSPS) is 11.5. The van der Waals surface area contributed by atoms with E-state index in [-0.39, 0.29) is 22.3 Å². The summed E-state index contributed by atoms with van der Waals surface area (Å²) < 4.78 is 19.8. The molecule has 3 aromatic carbocycles. The molecule has 34 heavy (non-hydrogen) atoms. The molecule has 8 heteroatoms. The molecule has 0 aliphatic carbocycles. The molecule has 0 unspecified atom stereocenters. The van der Waals surface area contributed by atoms with E-state index in [1.807, 2.05) is 67.7 Å². The molecule has 3 heterocycles. The molecule has 0 spiro atoms. The van der Waals surface area contributed by atoms with Crippen molar-refractivity contribution in [1.29, 1.82) is 0 Å². The lowest BCUT2D eigenvalue weighted by Gasteiger charge is -2.13. The van der Waals surface area contributed by atoms with E-state index in [1.54, 1.807) is 27.7 Å². The second kappa shape index (κ2) is 7.77. The number of para-hydroxylation sites is 1. The minimum Gasteiger partial charge on any atom is -0.265 e. The van der Waals surface area contributed by atoms with Crippen LogP contribution in [0.1, 0.15) is 11.1 Å². The molecule has 0 bridgehead atoms. The van der Waals surface area contributed by atoms with Crippen molar-refractivity contribution in [3.63, 3.8) is 0 Å². The van der Waals surface area contributed by atoms with E-state index in [0.29, 0.717) is 17.7 Å². The van der Waals surface area contributed by atoms with Crippen LogP contribution in [0.4, 0.5) is 4.39 Å². The second-order valence-electron chi connectivity index (χ2n) is 8.11. The molecule has 0 atom stereocenters. The summed E-state index contributed by atoms with van der Waals surface area (Å²) >= 11 is 0. The van der Waals surface area contributed by atoms with Crippen molar-refractivity contribution in [3.05, 3.63) is 112 Å². The summed E-state index contributed by atoms with van der Waals surface area (Å²) in [5.74, 6) is -0.442. The lowest BCUT2D eigenvalue weighted by atomic mass is 10.1. The van der Waals surface area contributed by atoms with Crippen molar-refractivity contribution < 1.29 is 4.39 Å². The van der Waals surface area contributed by atoms with Gasteiger partial charge in [0.25, 0.3) is 0 Å². The Kier molecular flexibility index (Phi) is 4.58. The van der Waals surface area contributed by atoms with Gasteiger partial charge in [0.05, 0.1) is 28.8 Å². The van der Waals surface area contributed by atoms with Gasteiger partial charge in [-0.3, -0.25) is 9.48 Å². The highest BCUT2D eigenvalue weighted by atomic mass is 19.1. The molecular weight excluding hydrogens is 431 g/mol. The predicted octanol–water partition coefficient (Wildman–Crippen LogP) is 4.37. The van der Waals surface area contributed by atoms with Gasteiger partial charge in [-0.05, 0) is 54.4 Å². The number of halogens is 1. The van der Waals surface area contributed by atoms with Crippen molar-refractivity contribution in [2.45, 2.75) is 13.5 Å². The average Bonchev–Trinajstić information content (AvgIpc) is 3.49. The third kappa shape index (κ3) is 3.19. The van der Waals surface area contributed by atoms with Crippen LogP contribution in [0, 0.1) is 12.7 Å². The summed E-state index contributed by atoms with van der Waals surface area (Å²) in [4.78, 5) is 13.3. The fourth-order valence-corrected chi connectivity index (χ4v) is 4.22. The van der Waals surface area contributed by atoms with Gasteiger partial charge in [0.15, 0.2) is 5.69 Å². The van der Waals surface area contributed by atoms with E-state index in [1.165, 1.54) is 10.7 Å². The number of rotatable bonds is 4. The lowest BCUT2D eigenvalue weighted by Crippen LogP contribution is -2.18. The Morgan fingerprint density at radius 1 is 0.882 bits per heavy atom. The largest absolute Gasteiger partial charge is 0.301 e. The highest BCUT2D eigenvalue weighted by Gasteiger charge is 2.25. The third-order valence-corrected chi connectivity index (χ3v) is 5.93. The topological polar surface area (TPSA) is 70.5 Å². The van der Waals surface area contributed by atoms with Gasteiger partial charge in [0.2, 0.25) is 0 Å². The van der Waals surface area contributed by atoms with E-state index >= 15 is 4.39 Å². The van der Waals surface area contributed by atoms with Gasteiger partial charge in [-0.25, -0.2) is 9.07 Å². The molecule has 7 nitrogen and oxygen atoms in total. The van der Waals surface area contributed by atoms with Crippen molar-refractivity contribution in [1.82, 2.24) is 29.3 Å². The van der Waals surface area contributed by atoms with Crippen molar-refractivity contribution in [3.8, 4) is 22.8 Å². The van der Waals surface area contributed by atoms with Gasteiger partial charge in [0.1, 0.15) is 11.5 Å². The van der Waals surface area contributed by atoms with Gasteiger partial charge in [-0.15, -0.1) is 0 Å². The zero-order valence-corrected chi connectivity index (χ0v) is 18.3. The number of benzene rings is 3. The highest BCUT2D eigenvalue weighted by molar-refractivity contribution is 5.92. The number of hydrogen-bond acceptors (Lipinski definition) is 4. The monoisotopic (exact) mass is 450 g/mol. The van der Waals surface area contributed by atoms with Crippen LogP contribution in [-0.4, -0.2) is 29.3 Å². The molecule has 0 saturated carbocycles. The molecule has 0 fully saturated rings. The maximum Gasteiger partial charge on any atom is 0.301 e. The quantitative estimate of drug-likeness (QED) is 0.400. The second-order valence-corrected chi connectivity index (χ2v) is 8.11. The molecule has 2 aliphatic heterocycles. The third-order valence-electron chi connectivity index (χ3n) is 5.93. The van der Waals surface area contributed by atoms with E-state index in [2.05, 4.69) is 15.3 Å². The molecule has 4 aromatic rings. The molecule has 166 valence electrons. The maximum atomic E-state index is 15.1. The molecule has 0 radical (unpaired) electrons. The Hall–Kier alpha value is -4.59. The van der Waals surface area contributed by atoms with Gasteiger partial charge in [-0.2, -0.15) is 20.0 Å². The SMILES string of the molecule is Cc1ccccc1-n1nc2c3c(F)cccc3n(Cc3ccc(-n4cccn4)cc3)nc-2c1=O. The first-order valence-corrected chi connectivity index (χ1v) is 10.8. The molecule has 0 N–H and O–H groups in total. The van der Waals surface area contributed by atoms with E-state index in [0.717, 1.165) is 16.8 Å². The van der Waals surface area contributed by atoms with Crippen LogP contribution in [-0.2, 0) is 6.54 Å². The van der Waals surface area contributed by atoms with Crippen molar-refractivity contribution in [2.24, 2.45) is 0 Å². The first kappa shape index (κ1) is 20.0. The summed E-state index contributed by atoms with van der Waals surface area (Å²) in [6, 6.07) is 22.0. The molecule has 0 saturated heterocycles. The lowest BCUT2D eigenvalue weighted by molar-refractivity contribution is 0.634. The van der Waals surface area contributed by atoms with Crippen LogP contribution >= 0.6 is 0 Å². The van der Waals surface area contributed by atoms with E-state index < -0.39 is 5.82 Å². The summed E-state index contributed by atoms with van der Waals surface area (Å²) in [5.41, 5.74) is 4.01. The van der Waals surface area contributed by atoms with Gasteiger partial charge in [-0.1, -0.05) is 36.4 Å². The minimum absolute atomic E-state index is 0.133. The molecule has 0 amide bonds. The Morgan fingerprint density at radius 2 is 1.71 bits per heavy atom. The van der Waals surface area contributed by atoms with Gasteiger partial charge in [0, 0.05) is 12.4 Å². The Balaban J connectivity index is 1.51. The number of aromatic nitrogens is 6. The highest BCUT2D eigenvalue weighted by Crippen LogP contribution is 2.29. The number of aryl methyl sites for hydroxylation is 1. The Labute approximate surface area is 193 Å². The number of fused-ring (bicyclic) bond motifs is 3. The van der Waals surface area contributed by atoms with Crippen LogP contribution < -0.4 is 5.56 Å². The van der Waals surface area contributed by atoms with Crippen LogP contribution in [0.25, 0.3) is 33.7 Å². The smallest absolute Gasteiger partial charge is 0.265 e. The zero-order chi connectivity index (χ0) is 23.2. The van der Waals surface area contributed by atoms with Gasteiger partial charge < -0.3 is 0 Å². The van der Waals surface area contributed by atoms with E-state index in [4.69, 9.17) is 0 Å². The summed E-state index contributed by atoms with van der Waals surface area (Å²) in [6.07, 6.45) is 3.60. The summed E-state index contributed by atoms with van der Waals surface area (Å²) in [6.45, 7) is 2.27. The first-order valence-electron chi connectivity index (χ1n) is 10.8. The fourth-order valence-electron chi connectivity index (χ4n) is 4.22. The van der Waals surface area contributed by atoms with Crippen LogP contribution in [0.2, 0.25) is 0 Å². The van der Waals surface area contributed by atoms with Crippen molar-refractivity contribution in [2.75, 3.05) is 0 Å². The number of nitrogens with zero attached hydrogens (tertiary/aromatic N) is 6. The molecule has 1 aromatic heterocycles. The fraction of sp³-hybridized carbons (Fsp3) is 0.0769. The molecule has 6 rings (SSSR count). The van der Waals surface area contributed by atoms with Crippen LogP contribution in [0.5, 0.6) is 0 Å².